The summed E-state index contributed by atoms with van der Waals surface area (Å²) in [6.07, 6.45) is -0.217. The smallest absolute Gasteiger partial charge is 0.338 e. The number of hydrogen-bond donors (Lipinski definition) is 2. The second-order valence-electron chi connectivity index (χ2n) is 4.96. The molecule has 0 radical (unpaired) electrons. The van der Waals surface area contributed by atoms with Crippen molar-refractivity contribution in [3.8, 4) is 0 Å². The summed E-state index contributed by atoms with van der Waals surface area (Å²) >= 11 is 0.846. The van der Waals surface area contributed by atoms with E-state index in [1.165, 1.54) is 6.07 Å². The topological polar surface area (TPSA) is 88.3 Å². The largest absolute Gasteiger partial charge is 0.459 e. The number of aromatic nitrogens is 1. The summed E-state index contributed by atoms with van der Waals surface area (Å²) in [6, 6.07) is 6.46. The van der Waals surface area contributed by atoms with Crippen LogP contribution < -0.4 is 10.2 Å². The molecule has 1 amide bonds. The van der Waals surface area contributed by atoms with Crippen molar-refractivity contribution < 1.29 is 14.3 Å². The fourth-order valence-electron chi connectivity index (χ4n) is 1.82. The van der Waals surface area contributed by atoms with Crippen molar-refractivity contribution in [2.75, 3.05) is 5.32 Å². The Morgan fingerprint density at radius 1 is 1.32 bits per heavy atom. The lowest BCUT2D eigenvalue weighted by molar-refractivity contribution is 0.0378. The molecule has 0 fully saturated rings. The summed E-state index contributed by atoms with van der Waals surface area (Å²) in [5.74, 6) is -0.844. The van der Waals surface area contributed by atoms with Gasteiger partial charge in [0.1, 0.15) is 4.88 Å². The number of rotatable bonds is 4. The normalized spacial score (nSPS) is 10.5. The van der Waals surface area contributed by atoms with Crippen LogP contribution in [0, 0.1) is 6.92 Å². The zero-order valence-electron chi connectivity index (χ0n) is 12.4. The molecule has 1 aromatic carbocycles. The van der Waals surface area contributed by atoms with E-state index in [1.54, 1.807) is 39.0 Å². The van der Waals surface area contributed by atoms with E-state index in [0.29, 0.717) is 21.8 Å². The second-order valence-corrected chi connectivity index (χ2v) is 5.94. The summed E-state index contributed by atoms with van der Waals surface area (Å²) in [7, 11) is 0. The molecule has 22 heavy (non-hydrogen) atoms. The molecule has 0 spiro atoms. The summed E-state index contributed by atoms with van der Waals surface area (Å²) in [5, 5.41) is 2.67. The van der Waals surface area contributed by atoms with Crippen LogP contribution in [0.1, 0.15) is 39.6 Å². The summed E-state index contributed by atoms with van der Waals surface area (Å²) < 4.78 is 5.11. The zero-order chi connectivity index (χ0) is 16.3. The molecule has 6 nitrogen and oxygen atoms in total. The Hall–Kier alpha value is -2.41. The molecule has 7 heteroatoms. The first-order chi connectivity index (χ1) is 10.4. The molecule has 1 heterocycles. The number of aromatic amines is 1. The molecule has 0 atom stereocenters. The SMILES string of the molecule is Cc1[nH]c(=O)sc1C(=O)Nc1cccc(C(=O)OC(C)C)c1. The molecule has 116 valence electrons. The van der Waals surface area contributed by atoms with Crippen molar-refractivity contribution >= 4 is 28.9 Å². The average Bonchev–Trinajstić information content (AvgIpc) is 2.77. The molecular formula is C15H16N2O4S. The predicted octanol–water partition coefficient (Wildman–Crippen LogP) is 2.56. The maximum absolute atomic E-state index is 12.1. The molecule has 0 aliphatic carbocycles. The van der Waals surface area contributed by atoms with Crippen LogP contribution in [0.5, 0.6) is 0 Å². The molecule has 2 N–H and O–H groups in total. The van der Waals surface area contributed by atoms with E-state index < -0.39 is 11.9 Å². The van der Waals surface area contributed by atoms with Gasteiger partial charge in [0.2, 0.25) is 0 Å². The molecule has 2 rings (SSSR count). The monoisotopic (exact) mass is 320 g/mol. The summed E-state index contributed by atoms with van der Waals surface area (Å²) in [6.45, 7) is 5.18. The van der Waals surface area contributed by atoms with E-state index in [2.05, 4.69) is 10.3 Å². The van der Waals surface area contributed by atoms with Crippen molar-refractivity contribution in [2.24, 2.45) is 0 Å². The van der Waals surface area contributed by atoms with Gasteiger partial charge in [0, 0.05) is 11.4 Å². The first-order valence-electron chi connectivity index (χ1n) is 6.69. The molecule has 0 aliphatic rings. The van der Waals surface area contributed by atoms with Gasteiger partial charge in [-0.2, -0.15) is 0 Å². The van der Waals surface area contributed by atoms with Gasteiger partial charge in [-0.15, -0.1) is 0 Å². The Bertz CT molecular complexity index is 761. The van der Waals surface area contributed by atoms with Gasteiger partial charge in [-0.3, -0.25) is 9.59 Å². The number of carbonyl (C=O) groups excluding carboxylic acids is 2. The molecule has 0 saturated heterocycles. The van der Waals surface area contributed by atoms with Crippen LogP contribution in [-0.4, -0.2) is 23.0 Å². The Morgan fingerprint density at radius 3 is 2.64 bits per heavy atom. The highest BCUT2D eigenvalue weighted by Crippen LogP contribution is 2.15. The Morgan fingerprint density at radius 2 is 2.05 bits per heavy atom. The van der Waals surface area contributed by atoms with E-state index in [9.17, 15) is 14.4 Å². The molecule has 1 aromatic heterocycles. The van der Waals surface area contributed by atoms with Crippen LogP contribution in [0.3, 0.4) is 0 Å². The van der Waals surface area contributed by atoms with Crippen molar-refractivity contribution in [2.45, 2.75) is 26.9 Å². The van der Waals surface area contributed by atoms with Crippen LogP contribution in [0.4, 0.5) is 5.69 Å². The van der Waals surface area contributed by atoms with Gasteiger partial charge in [0.05, 0.1) is 11.7 Å². The number of benzene rings is 1. The summed E-state index contributed by atoms with van der Waals surface area (Å²) in [4.78, 5) is 37.8. The number of thiazole rings is 1. The van der Waals surface area contributed by atoms with Crippen LogP contribution >= 0.6 is 11.3 Å². The number of anilines is 1. The lowest BCUT2D eigenvalue weighted by atomic mass is 10.2. The number of H-pyrrole nitrogens is 1. The Kier molecular flexibility index (Phi) is 4.77. The van der Waals surface area contributed by atoms with Gasteiger partial charge in [0.15, 0.2) is 0 Å². The molecule has 2 aromatic rings. The van der Waals surface area contributed by atoms with E-state index in [0.717, 1.165) is 11.3 Å². The van der Waals surface area contributed by atoms with Crippen molar-refractivity contribution in [3.63, 3.8) is 0 Å². The van der Waals surface area contributed by atoms with E-state index in [4.69, 9.17) is 4.74 Å². The molecule has 0 saturated carbocycles. The number of amides is 1. The highest BCUT2D eigenvalue weighted by Gasteiger charge is 2.15. The second kappa shape index (κ2) is 6.57. The predicted molar refractivity (Wildman–Crippen MR) is 84.6 cm³/mol. The average molecular weight is 320 g/mol. The third-order valence-electron chi connectivity index (χ3n) is 2.73. The Labute approximate surface area is 131 Å². The van der Waals surface area contributed by atoms with Crippen molar-refractivity contribution in [3.05, 3.63) is 50.1 Å². The number of aryl methyl sites for hydroxylation is 1. The first-order valence-corrected chi connectivity index (χ1v) is 7.50. The molecular weight excluding hydrogens is 304 g/mol. The van der Waals surface area contributed by atoms with Crippen molar-refractivity contribution in [1.29, 1.82) is 0 Å². The number of esters is 1. The van der Waals surface area contributed by atoms with E-state index >= 15 is 0 Å². The third-order valence-corrected chi connectivity index (χ3v) is 3.71. The third kappa shape index (κ3) is 3.82. The fourth-order valence-corrected chi connectivity index (χ4v) is 2.55. The van der Waals surface area contributed by atoms with Crippen LogP contribution in [0.25, 0.3) is 0 Å². The number of hydrogen-bond acceptors (Lipinski definition) is 5. The van der Waals surface area contributed by atoms with Gasteiger partial charge in [0.25, 0.3) is 5.91 Å². The minimum Gasteiger partial charge on any atom is -0.459 e. The molecule has 0 unspecified atom stereocenters. The van der Waals surface area contributed by atoms with E-state index in [-0.39, 0.29) is 11.0 Å². The van der Waals surface area contributed by atoms with Gasteiger partial charge in [-0.1, -0.05) is 17.4 Å². The van der Waals surface area contributed by atoms with E-state index in [1.807, 2.05) is 0 Å². The lowest BCUT2D eigenvalue weighted by Gasteiger charge is -2.09. The fraction of sp³-hybridized carbons (Fsp3) is 0.267. The van der Waals surface area contributed by atoms with Crippen LogP contribution in [0.2, 0.25) is 0 Å². The molecule has 0 aliphatic heterocycles. The quantitative estimate of drug-likeness (QED) is 0.847. The standard InChI is InChI=1S/C15H16N2O4S/c1-8(2)21-14(19)10-5-4-6-11(7-10)17-13(18)12-9(3)16-15(20)22-12/h4-8H,1-3H3,(H,16,20)(H,17,18). The van der Waals surface area contributed by atoms with Gasteiger partial charge >= 0.3 is 10.8 Å². The maximum Gasteiger partial charge on any atom is 0.338 e. The Balaban J connectivity index is 2.17. The minimum absolute atomic E-state index is 0.217. The van der Waals surface area contributed by atoms with Gasteiger partial charge in [-0.25, -0.2) is 4.79 Å². The van der Waals surface area contributed by atoms with Crippen LogP contribution in [0.15, 0.2) is 29.1 Å². The highest BCUT2D eigenvalue weighted by molar-refractivity contribution is 7.11. The minimum atomic E-state index is -0.450. The lowest BCUT2D eigenvalue weighted by Crippen LogP contribution is -2.14. The zero-order valence-corrected chi connectivity index (χ0v) is 13.2. The van der Waals surface area contributed by atoms with Crippen molar-refractivity contribution in [1.82, 2.24) is 4.98 Å². The van der Waals surface area contributed by atoms with Gasteiger partial charge in [-0.05, 0) is 39.0 Å². The summed E-state index contributed by atoms with van der Waals surface area (Å²) in [5.41, 5.74) is 1.33. The van der Waals surface area contributed by atoms with Gasteiger partial charge < -0.3 is 15.0 Å². The number of nitrogens with one attached hydrogen (secondary N) is 2. The maximum atomic E-state index is 12.1. The number of ether oxygens (including phenoxy) is 1. The molecule has 0 bridgehead atoms. The number of carbonyl (C=O) groups is 2. The highest BCUT2D eigenvalue weighted by atomic mass is 32.1. The first kappa shape index (κ1) is 16.0. The van der Waals surface area contributed by atoms with Crippen LogP contribution in [-0.2, 0) is 4.74 Å².